The smallest absolute Gasteiger partial charge is 0.226 e. The van der Waals surface area contributed by atoms with Crippen LogP contribution in [0.2, 0.25) is 0 Å². The van der Waals surface area contributed by atoms with Crippen molar-refractivity contribution >= 4 is 23.5 Å². The van der Waals surface area contributed by atoms with E-state index in [-0.39, 0.29) is 11.8 Å². The maximum Gasteiger partial charge on any atom is 0.226 e. The Morgan fingerprint density at radius 2 is 2.09 bits per heavy atom. The second-order valence-electron chi connectivity index (χ2n) is 5.20. The van der Waals surface area contributed by atoms with Crippen molar-refractivity contribution < 1.29 is 4.79 Å². The summed E-state index contributed by atoms with van der Waals surface area (Å²) in [6.45, 7) is 6.94. The van der Waals surface area contributed by atoms with Crippen LogP contribution in [0, 0.1) is 6.92 Å². The summed E-state index contributed by atoms with van der Waals surface area (Å²) in [5.74, 6) is 1.58. The molecule has 0 aromatic carbocycles. The third kappa shape index (κ3) is 2.61. The van der Waals surface area contributed by atoms with Gasteiger partial charge in [0.05, 0.1) is 0 Å². The van der Waals surface area contributed by atoms with Gasteiger partial charge in [0, 0.05) is 42.5 Å². The predicted octanol–water partition coefficient (Wildman–Crippen LogP) is 2.59. The molecule has 0 bridgehead atoms. The quantitative estimate of drug-likeness (QED) is 0.693. The van der Waals surface area contributed by atoms with Crippen LogP contribution in [-0.4, -0.2) is 31.4 Å². The molecule has 0 saturated carbocycles. The third-order valence-electron chi connectivity index (χ3n) is 3.87. The standard InChI is InChI=1S/C15H19N5OS/c1-4-20-9(3)13-11(6-12(21)18-14(13)19-20)10-7-16-15(17-8-10)22-5-2/h7-8,11H,4-6H2,1-3H3,(H,18,19,21). The average Bonchev–Trinajstić information content (AvgIpc) is 2.83. The summed E-state index contributed by atoms with van der Waals surface area (Å²) in [4.78, 5) is 20.8. The molecule has 6 nitrogen and oxygen atoms in total. The van der Waals surface area contributed by atoms with E-state index in [1.165, 1.54) is 0 Å². The molecule has 0 fully saturated rings. The van der Waals surface area contributed by atoms with Crippen molar-refractivity contribution in [1.82, 2.24) is 19.7 Å². The van der Waals surface area contributed by atoms with Crippen molar-refractivity contribution in [2.45, 2.75) is 44.8 Å². The first-order chi connectivity index (χ1) is 10.6. The summed E-state index contributed by atoms with van der Waals surface area (Å²) in [6, 6.07) is 0. The van der Waals surface area contributed by atoms with E-state index in [0.29, 0.717) is 12.2 Å². The van der Waals surface area contributed by atoms with Gasteiger partial charge in [0.25, 0.3) is 0 Å². The second kappa shape index (κ2) is 6.08. The van der Waals surface area contributed by atoms with Crippen LogP contribution in [0.4, 0.5) is 5.82 Å². The highest BCUT2D eigenvalue weighted by Crippen LogP contribution is 2.38. The molecule has 116 valence electrons. The van der Waals surface area contributed by atoms with Crippen LogP contribution in [0.25, 0.3) is 0 Å². The lowest BCUT2D eigenvalue weighted by Gasteiger charge is -2.22. The maximum atomic E-state index is 12.0. The van der Waals surface area contributed by atoms with Crippen LogP contribution in [0.15, 0.2) is 17.6 Å². The number of nitrogens with one attached hydrogen (secondary N) is 1. The van der Waals surface area contributed by atoms with E-state index in [1.807, 2.05) is 30.9 Å². The SMILES string of the molecule is CCSc1ncc(C2CC(=O)Nc3nn(CC)c(C)c32)cn1. The van der Waals surface area contributed by atoms with E-state index < -0.39 is 0 Å². The lowest BCUT2D eigenvalue weighted by molar-refractivity contribution is -0.116. The molecule has 1 aliphatic rings. The highest BCUT2D eigenvalue weighted by atomic mass is 32.2. The van der Waals surface area contributed by atoms with Crippen molar-refractivity contribution in [3.63, 3.8) is 0 Å². The molecule has 3 heterocycles. The van der Waals surface area contributed by atoms with Crippen LogP contribution in [0.5, 0.6) is 0 Å². The molecular weight excluding hydrogens is 298 g/mol. The first-order valence-corrected chi connectivity index (χ1v) is 8.44. The molecule has 1 N–H and O–H groups in total. The van der Waals surface area contributed by atoms with Crippen LogP contribution >= 0.6 is 11.8 Å². The molecule has 0 spiro atoms. The molecule has 1 atom stereocenters. The minimum absolute atomic E-state index is 0.00902. The van der Waals surface area contributed by atoms with Crippen molar-refractivity contribution in [3.05, 3.63) is 29.2 Å². The van der Waals surface area contributed by atoms with Crippen molar-refractivity contribution in [2.75, 3.05) is 11.1 Å². The van der Waals surface area contributed by atoms with Crippen LogP contribution < -0.4 is 5.32 Å². The van der Waals surface area contributed by atoms with Gasteiger partial charge in [0.15, 0.2) is 11.0 Å². The van der Waals surface area contributed by atoms with Crippen molar-refractivity contribution in [1.29, 1.82) is 0 Å². The minimum atomic E-state index is -0.0234. The van der Waals surface area contributed by atoms with E-state index in [1.54, 1.807) is 11.8 Å². The molecule has 2 aromatic rings. The fourth-order valence-electron chi connectivity index (χ4n) is 2.84. The topological polar surface area (TPSA) is 72.7 Å². The van der Waals surface area contributed by atoms with Gasteiger partial charge in [-0.25, -0.2) is 9.97 Å². The number of anilines is 1. The Morgan fingerprint density at radius 3 is 2.73 bits per heavy atom. The molecule has 0 saturated heterocycles. The summed E-state index contributed by atoms with van der Waals surface area (Å²) in [5.41, 5.74) is 3.14. The van der Waals surface area contributed by atoms with E-state index in [4.69, 9.17) is 0 Å². The molecule has 0 radical (unpaired) electrons. The van der Waals surface area contributed by atoms with Crippen molar-refractivity contribution in [2.24, 2.45) is 0 Å². The fraction of sp³-hybridized carbons (Fsp3) is 0.467. The van der Waals surface area contributed by atoms with Gasteiger partial charge >= 0.3 is 0 Å². The molecule has 0 aliphatic carbocycles. The highest BCUT2D eigenvalue weighted by molar-refractivity contribution is 7.99. The van der Waals surface area contributed by atoms with Gasteiger partial charge in [0.1, 0.15) is 0 Å². The molecule has 2 aromatic heterocycles. The molecular formula is C15H19N5OS. The molecule has 22 heavy (non-hydrogen) atoms. The molecule has 1 aliphatic heterocycles. The average molecular weight is 317 g/mol. The van der Waals surface area contributed by atoms with Crippen LogP contribution in [0.3, 0.4) is 0 Å². The van der Waals surface area contributed by atoms with Gasteiger partial charge < -0.3 is 5.32 Å². The zero-order chi connectivity index (χ0) is 15.7. The maximum absolute atomic E-state index is 12.0. The first-order valence-electron chi connectivity index (χ1n) is 7.45. The Labute approximate surface area is 133 Å². The Balaban J connectivity index is 2.01. The number of amides is 1. The Bertz CT molecular complexity index is 695. The summed E-state index contributed by atoms with van der Waals surface area (Å²) >= 11 is 1.61. The van der Waals surface area contributed by atoms with Gasteiger partial charge in [-0.2, -0.15) is 5.10 Å². The van der Waals surface area contributed by atoms with Crippen LogP contribution in [0.1, 0.15) is 43.0 Å². The minimum Gasteiger partial charge on any atom is -0.309 e. The third-order valence-corrected chi connectivity index (χ3v) is 4.63. The molecule has 3 rings (SSSR count). The molecule has 1 amide bonds. The number of thioether (sulfide) groups is 1. The number of fused-ring (bicyclic) bond motifs is 1. The Hall–Kier alpha value is -1.89. The van der Waals surface area contributed by atoms with Gasteiger partial charge in [-0.1, -0.05) is 18.7 Å². The zero-order valence-electron chi connectivity index (χ0n) is 13.0. The normalized spacial score (nSPS) is 17.2. The van der Waals surface area contributed by atoms with E-state index in [9.17, 15) is 4.79 Å². The number of carbonyl (C=O) groups is 1. The van der Waals surface area contributed by atoms with Crippen LogP contribution in [-0.2, 0) is 11.3 Å². The number of hydrogen-bond acceptors (Lipinski definition) is 5. The van der Waals surface area contributed by atoms with Gasteiger partial charge in [-0.05, 0) is 25.2 Å². The van der Waals surface area contributed by atoms with E-state index in [2.05, 4.69) is 27.3 Å². The summed E-state index contributed by atoms with van der Waals surface area (Å²) in [7, 11) is 0. The number of hydrogen-bond donors (Lipinski definition) is 1. The number of carbonyl (C=O) groups excluding carboxylic acids is 1. The Kier molecular flexibility index (Phi) is 4.15. The number of aromatic nitrogens is 4. The summed E-state index contributed by atoms with van der Waals surface area (Å²) in [6.07, 6.45) is 4.08. The number of rotatable bonds is 4. The van der Waals surface area contributed by atoms with Gasteiger partial charge in [-0.3, -0.25) is 9.48 Å². The summed E-state index contributed by atoms with van der Waals surface area (Å²) < 4.78 is 1.92. The molecule has 1 unspecified atom stereocenters. The number of nitrogens with zero attached hydrogens (tertiary/aromatic N) is 4. The predicted molar refractivity (Wildman–Crippen MR) is 86.2 cm³/mol. The second-order valence-corrected chi connectivity index (χ2v) is 6.43. The zero-order valence-corrected chi connectivity index (χ0v) is 13.8. The van der Waals surface area contributed by atoms with Gasteiger partial charge in [0.2, 0.25) is 5.91 Å². The van der Waals surface area contributed by atoms with Crippen molar-refractivity contribution in [3.8, 4) is 0 Å². The van der Waals surface area contributed by atoms with E-state index in [0.717, 1.165) is 34.3 Å². The largest absolute Gasteiger partial charge is 0.309 e. The fourth-order valence-corrected chi connectivity index (χ4v) is 3.35. The number of aryl methyl sites for hydroxylation is 1. The molecule has 7 heteroatoms. The monoisotopic (exact) mass is 317 g/mol. The van der Waals surface area contributed by atoms with Gasteiger partial charge in [-0.15, -0.1) is 0 Å². The van der Waals surface area contributed by atoms with E-state index >= 15 is 0 Å². The Morgan fingerprint density at radius 1 is 1.36 bits per heavy atom. The summed E-state index contributed by atoms with van der Waals surface area (Å²) in [5, 5.41) is 8.12. The lowest BCUT2D eigenvalue weighted by Crippen LogP contribution is -2.23. The lowest BCUT2D eigenvalue weighted by atomic mass is 9.87. The highest BCUT2D eigenvalue weighted by Gasteiger charge is 2.32. The first kappa shape index (κ1) is 15.0.